The van der Waals surface area contributed by atoms with Crippen LogP contribution >= 0.6 is 0 Å². The number of ether oxygens (including phenoxy) is 1. The number of benzene rings is 1. The van der Waals surface area contributed by atoms with E-state index in [1.54, 1.807) is 10.7 Å². The van der Waals surface area contributed by atoms with Gasteiger partial charge in [-0.05, 0) is 12.0 Å². The van der Waals surface area contributed by atoms with Gasteiger partial charge in [-0.1, -0.05) is 43.7 Å². The number of aliphatic hydroxyl groups excluding tert-OH is 1. The molecule has 0 spiro atoms. The molecule has 0 saturated heterocycles. The van der Waals surface area contributed by atoms with E-state index in [-0.39, 0.29) is 6.61 Å². The van der Waals surface area contributed by atoms with Crippen molar-refractivity contribution in [3.8, 4) is 5.88 Å². The number of aliphatic hydroxyl groups is 1. The summed E-state index contributed by atoms with van der Waals surface area (Å²) in [5.41, 5.74) is 1.80. The van der Waals surface area contributed by atoms with Gasteiger partial charge in [0.05, 0.1) is 25.5 Å². The highest BCUT2D eigenvalue weighted by Crippen LogP contribution is 2.16. The van der Waals surface area contributed by atoms with Crippen LogP contribution in [0.25, 0.3) is 0 Å². The van der Waals surface area contributed by atoms with Crippen LogP contribution in [0.4, 0.5) is 0 Å². The SMILES string of the molecule is CCCCOc1cc(CO)nn1Cc1ccccc1. The topological polar surface area (TPSA) is 47.3 Å². The standard InChI is InChI=1S/C15H20N2O2/c1-2-3-9-19-15-10-14(12-18)16-17(15)11-13-7-5-4-6-8-13/h4-8,10,18H,2-3,9,11-12H2,1H3. The molecule has 1 heterocycles. The summed E-state index contributed by atoms with van der Waals surface area (Å²) >= 11 is 0. The van der Waals surface area contributed by atoms with E-state index in [4.69, 9.17) is 4.74 Å². The number of rotatable bonds is 7. The molecule has 1 aromatic carbocycles. The maximum Gasteiger partial charge on any atom is 0.212 e. The van der Waals surface area contributed by atoms with Crippen molar-refractivity contribution in [2.75, 3.05) is 6.61 Å². The lowest BCUT2D eigenvalue weighted by molar-refractivity contribution is 0.274. The van der Waals surface area contributed by atoms with Gasteiger partial charge in [0.2, 0.25) is 5.88 Å². The Bertz CT molecular complexity index is 494. The lowest BCUT2D eigenvalue weighted by atomic mass is 10.2. The first-order chi connectivity index (χ1) is 9.33. The zero-order valence-electron chi connectivity index (χ0n) is 11.2. The second kappa shape index (κ2) is 6.95. The van der Waals surface area contributed by atoms with Gasteiger partial charge in [-0.25, -0.2) is 4.68 Å². The molecule has 1 aromatic heterocycles. The molecule has 0 unspecified atom stereocenters. The normalized spacial score (nSPS) is 10.6. The fraction of sp³-hybridized carbons (Fsp3) is 0.400. The van der Waals surface area contributed by atoms with Crippen molar-refractivity contribution < 1.29 is 9.84 Å². The Labute approximate surface area is 113 Å². The third-order valence-corrected chi connectivity index (χ3v) is 2.88. The molecule has 0 fully saturated rings. The average molecular weight is 260 g/mol. The minimum Gasteiger partial charge on any atom is -0.478 e. The molecule has 4 nitrogen and oxygen atoms in total. The molecular formula is C15H20N2O2. The third kappa shape index (κ3) is 3.83. The van der Waals surface area contributed by atoms with Crippen LogP contribution in [0, 0.1) is 0 Å². The Morgan fingerprint density at radius 1 is 1.26 bits per heavy atom. The van der Waals surface area contributed by atoms with E-state index < -0.39 is 0 Å². The van der Waals surface area contributed by atoms with Crippen LogP contribution in [0.3, 0.4) is 0 Å². The first-order valence-corrected chi connectivity index (χ1v) is 6.67. The highest BCUT2D eigenvalue weighted by molar-refractivity contribution is 5.20. The van der Waals surface area contributed by atoms with Crippen molar-refractivity contribution in [2.45, 2.75) is 32.9 Å². The summed E-state index contributed by atoms with van der Waals surface area (Å²) in [4.78, 5) is 0. The summed E-state index contributed by atoms with van der Waals surface area (Å²) in [6.45, 7) is 3.40. The van der Waals surface area contributed by atoms with Crippen molar-refractivity contribution in [2.24, 2.45) is 0 Å². The van der Waals surface area contributed by atoms with Crippen molar-refractivity contribution in [3.63, 3.8) is 0 Å². The zero-order valence-corrected chi connectivity index (χ0v) is 11.2. The summed E-state index contributed by atoms with van der Waals surface area (Å²) in [5.74, 6) is 0.723. The van der Waals surface area contributed by atoms with Crippen molar-refractivity contribution >= 4 is 0 Å². The number of nitrogens with zero attached hydrogens (tertiary/aromatic N) is 2. The number of unbranched alkanes of at least 4 members (excludes halogenated alkanes) is 1. The van der Waals surface area contributed by atoms with E-state index >= 15 is 0 Å². The fourth-order valence-electron chi connectivity index (χ4n) is 1.83. The molecule has 0 amide bonds. The molecule has 0 radical (unpaired) electrons. The lowest BCUT2D eigenvalue weighted by Crippen LogP contribution is -2.07. The number of hydrogen-bond acceptors (Lipinski definition) is 3. The van der Waals surface area contributed by atoms with Crippen molar-refractivity contribution in [3.05, 3.63) is 47.7 Å². The van der Waals surface area contributed by atoms with Gasteiger partial charge in [-0.15, -0.1) is 0 Å². The van der Waals surface area contributed by atoms with E-state index in [2.05, 4.69) is 24.2 Å². The quantitative estimate of drug-likeness (QED) is 0.778. The second-order valence-electron chi connectivity index (χ2n) is 4.48. The molecule has 2 aromatic rings. The molecule has 4 heteroatoms. The van der Waals surface area contributed by atoms with Gasteiger partial charge in [0.15, 0.2) is 0 Å². The van der Waals surface area contributed by atoms with Crippen LogP contribution in [0.1, 0.15) is 31.0 Å². The number of hydrogen-bond donors (Lipinski definition) is 1. The monoisotopic (exact) mass is 260 g/mol. The van der Waals surface area contributed by atoms with Gasteiger partial charge in [0, 0.05) is 6.07 Å². The molecule has 0 aliphatic heterocycles. The van der Waals surface area contributed by atoms with Gasteiger partial charge in [0.25, 0.3) is 0 Å². The molecule has 0 atom stereocenters. The largest absolute Gasteiger partial charge is 0.478 e. The van der Waals surface area contributed by atoms with Crippen molar-refractivity contribution in [1.29, 1.82) is 0 Å². The summed E-state index contributed by atoms with van der Waals surface area (Å²) in [7, 11) is 0. The Balaban J connectivity index is 2.11. The lowest BCUT2D eigenvalue weighted by Gasteiger charge is -2.08. The predicted octanol–water partition coefficient (Wildman–Crippen LogP) is 2.60. The maximum atomic E-state index is 9.18. The summed E-state index contributed by atoms with van der Waals surface area (Å²) in [6, 6.07) is 11.9. The fourth-order valence-corrected chi connectivity index (χ4v) is 1.83. The zero-order chi connectivity index (χ0) is 13.5. The van der Waals surface area contributed by atoms with E-state index in [9.17, 15) is 5.11 Å². The van der Waals surface area contributed by atoms with Crippen LogP contribution in [0.2, 0.25) is 0 Å². The Kier molecular flexibility index (Phi) is 4.98. The molecule has 102 valence electrons. The summed E-state index contributed by atoms with van der Waals surface area (Å²) in [5, 5.41) is 13.5. The van der Waals surface area contributed by atoms with E-state index in [0.29, 0.717) is 18.8 Å². The van der Waals surface area contributed by atoms with Gasteiger partial charge in [-0.2, -0.15) is 5.10 Å². The first kappa shape index (κ1) is 13.6. The Hall–Kier alpha value is -1.81. The maximum absolute atomic E-state index is 9.18. The molecule has 1 N–H and O–H groups in total. The van der Waals surface area contributed by atoms with Crippen molar-refractivity contribution in [1.82, 2.24) is 9.78 Å². The third-order valence-electron chi connectivity index (χ3n) is 2.88. The van der Waals surface area contributed by atoms with E-state index in [0.717, 1.165) is 24.3 Å². The highest BCUT2D eigenvalue weighted by atomic mass is 16.5. The van der Waals surface area contributed by atoms with Crippen LogP contribution < -0.4 is 4.74 Å². The van der Waals surface area contributed by atoms with Crippen LogP contribution in [-0.2, 0) is 13.2 Å². The Morgan fingerprint density at radius 3 is 2.74 bits per heavy atom. The molecule has 2 rings (SSSR count). The molecular weight excluding hydrogens is 240 g/mol. The van der Waals surface area contributed by atoms with Crippen LogP contribution in [0.5, 0.6) is 5.88 Å². The van der Waals surface area contributed by atoms with Gasteiger partial charge >= 0.3 is 0 Å². The molecule has 0 aliphatic rings. The minimum absolute atomic E-state index is 0.0636. The predicted molar refractivity (Wildman–Crippen MR) is 74.1 cm³/mol. The first-order valence-electron chi connectivity index (χ1n) is 6.67. The molecule has 0 bridgehead atoms. The molecule has 0 saturated carbocycles. The average Bonchev–Trinajstić information content (AvgIpc) is 2.83. The van der Waals surface area contributed by atoms with Gasteiger partial charge in [-0.3, -0.25) is 0 Å². The van der Waals surface area contributed by atoms with Crippen LogP contribution in [-0.4, -0.2) is 21.5 Å². The van der Waals surface area contributed by atoms with Gasteiger partial charge in [0.1, 0.15) is 0 Å². The minimum atomic E-state index is -0.0636. The smallest absolute Gasteiger partial charge is 0.212 e. The molecule has 19 heavy (non-hydrogen) atoms. The number of aromatic nitrogens is 2. The van der Waals surface area contributed by atoms with Crippen LogP contribution in [0.15, 0.2) is 36.4 Å². The summed E-state index contributed by atoms with van der Waals surface area (Å²) in [6.07, 6.45) is 2.12. The van der Waals surface area contributed by atoms with E-state index in [1.165, 1.54) is 0 Å². The van der Waals surface area contributed by atoms with Gasteiger partial charge < -0.3 is 9.84 Å². The summed E-state index contributed by atoms with van der Waals surface area (Å²) < 4.78 is 7.52. The highest BCUT2D eigenvalue weighted by Gasteiger charge is 2.08. The van der Waals surface area contributed by atoms with E-state index in [1.807, 2.05) is 18.2 Å². The second-order valence-corrected chi connectivity index (χ2v) is 4.48. The Morgan fingerprint density at radius 2 is 2.05 bits per heavy atom. The molecule has 0 aliphatic carbocycles.